The molecule has 1 aliphatic rings. The first-order chi connectivity index (χ1) is 6.74. The van der Waals surface area contributed by atoms with E-state index in [0.717, 1.165) is 16.9 Å². The fraction of sp³-hybridized carbons (Fsp3) is 0.455. The van der Waals surface area contributed by atoms with Crippen LogP contribution in [0.2, 0.25) is 0 Å². The zero-order valence-electron chi connectivity index (χ0n) is 8.49. The predicted molar refractivity (Wildman–Crippen MR) is 54.2 cm³/mol. The molecule has 0 aromatic heterocycles. The van der Waals surface area contributed by atoms with Crippen LogP contribution in [0, 0.1) is 0 Å². The van der Waals surface area contributed by atoms with Crippen molar-refractivity contribution in [3.63, 3.8) is 0 Å². The minimum absolute atomic E-state index is 0.0544. The molecule has 0 bridgehead atoms. The topological polar surface area (TPSA) is 44.5 Å². The van der Waals surface area contributed by atoms with Crippen molar-refractivity contribution in [2.75, 3.05) is 7.11 Å². The monoisotopic (exact) mass is 193 g/mol. The van der Waals surface area contributed by atoms with Gasteiger partial charge in [-0.3, -0.25) is 0 Å². The van der Waals surface area contributed by atoms with E-state index in [-0.39, 0.29) is 12.1 Å². The lowest BCUT2D eigenvalue weighted by Gasteiger charge is -2.30. The Morgan fingerprint density at radius 3 is 3.00 bits per heavy atom. The number of hydrogen-bond donors (Lipinski definition) is 1. The van der Waals surface area contributed by atoms with E-state index >= 15 is 0 Å². The number of fused-ring (bicyclic) bond motifs is 1. The average Bonchev–Trinajstić information content (AvgIpc) is 2.23. The SMILES string of the molecule is COc1cccc2c1[C@@H](N)[C@@H](C)OC2. The van der Waals surface area contributed by atoms with E-state index in [1.54, 1.807) is 7.11 Å². The highest BCUT2D eigenvalue weighted by Crippen LogP contribution is 2.34. The first-order valence-electron chi connectivity index (χ1n) is 4.77. The van der Waals surface area contributed by atoms with Crippen LogP contribution in [0.5, 0.6) is 5.75 Å². The number of methoxy groups -OCH3 is 1. The molecule has 0 fully saturated rings. The number of benzene rings is 1. The van der Waals surface area contributed by atoms with Crippen LogP contribution < -0.4 is 10.5 Å². The second kappa shape index (κ2) is 3.59. The summed E-state index contributed by atoms with van der Waals surface area (Å²) < 4.78 is 10.8. The lowest BCUT2D eigenvalue weighted by Crippen LogP contribution is -2.31. The number of hydrogen-bond acceptors (Lipinski definition) is 3. The second-order valence-corrected chi connectivity index (χ2v) is 3.57. The number of ether oxygens (including phenoxy) is 2. The lowest BCUT2D eigenvalue weighted by atomic mass is 9.94. The van der Waals surface area contributed by atoms with Crippen LogP contribution in [0.4, 0.5) is 0 Å². The Kier molecular flexibility index (Phi) is 2.44. The Morgan fingerprint density at radius 2 is 2.29 bits per heavy atom. The van der Waals surface area contributed by atoms with Crippen molar-refractivity contribution in [1.82, 2.24) is 0 Å². The number of rotatable bonds is 1. The predicted octanol–water partition coefficient (Wildman–Crippen LogP) is 1.61. The van der Waals surface area contributed by atoms with Gasteiger partial charge in [-0.2, -0.15) is 0 Å². The molecule has 76 valence electrons. The molecule has 0 radical (unpaired) electrons. The summed E-state index contributed by atoms with van der Waals surface area (Å²) in [5.74, 6) is 0.866. The van der Waals surface area contributed by atoms with Crippen molar-refractivity contribution in [1.29, 1.82) is 0 Å². The Bertz CT molecular complexity index is 324. The third-order valence-corrected chi connectivity index (χ3v) is 2.72. The molecule has 0 aliphatic carbocycles. The third kappa shape index (κ3) is 1.38. The molecule has 2 rings (SSSR count). The van der Waals surface area contributed by atoms with Crippen molar-refractivity contribution in [2.45, 2.75) is 25.7 Å². The van der Waals surface area contributed by atoms with Crippen molar-refractivity contribution < 1.29 is 9.47 Å². The molecule has 14 heavy (non-hydrogen) atoms. The van der Waals surface area contributed by atoms with Gasteiger partial charge in [0.2, 0.25) is 0 Å². The minimum Gasteiger partial charge on any atom is -0.496 e. The standard InChI is InChI=1S/C11H15NO2/c1-7-11(12)10-8(6-14-7)4-3-5-9(10)13-2/h3-5,7,11H,6,12H2,1-2H3/t7-,11+/m1/s1. The highest BCUT2D eigenvalue weighted by atomic mass is 16.5. The van der Waals surface area contributed by atoms with Crippen LogP contribution in [0.3, 0.4) is 0 Å². The summed E-state index contributed by atoms with van der Waals surface area (Å²) in [4.78, 5) is 0. The van der Waals surface area contributed by atoms with Gasteiger partial charge in [-0.05, 0) is 18.6 Å². The van der Waals surface area contributed by atoms with E-state index in [4.69, 9.17) is 15.2 Å². The summed E-state index contributed by atoms with van der Waals surface area (Å²) in [7, 11) is 1.67. The van der Waals surface area contributed by atoms with Gasteiger partial charge in [0, 0.05) is 5.56 Å². The summed E-state index contributed by atoms with van der Waals surface area (Å²) in [6.07, 6.45) is 0.0544. The summed E-state index contributed by atoms with van der Waals surface area (Å²) in [6, 6.07) is 5.85. The maximum atomic E-state index is 6.06. The zero-order valence-corrected chi connectivity index (χ0v) is 8.49. The molecular weight excluding hydrogens is 178 g/mol. The normalized spacial score (nSPS) is 25.6. The lowest BCUT2D eigenvalue weighted by molar-refractivity contribution is 0.0204. The quantitative estimate of drug-likeness (QED) is 0.737. The molecule has 0 saturated heterocycles. The van der Waals surface area contributed by atoms with Crippen LogP contribution in [0.1, 0.15) is 24.1 Å². The van der Waals surface area contributed by atoms with E-state index in [2.05, 4.69) is 0 Å². The van der Waals surface area contributed by atoms with Gasteiger partial charge in [-0.1, -0.05) is 12.1 Å². The van der Waals surface area contributed by atoms with Gasteiger partial charge in [0.25, 0.3) is 0 Å². The van der Waals surface area contributed by atoms with Gasteiger partial charge in [-0.25, -0.2) is 0 Å². The number of nitrogens with two attached hydrogens (primary N) is 1. The molecule has 2 atom stereocenters. The van der Waals surface area contributed by atoms with Gasteiger partial charge < -0.3 is 15.2 Å². The average molecular weight is 193 g/mol. The molecule has 0 amide bonds. The van der Waals surface area contributed by atoms with Crippen LogP contribution >= 0.6 is 0 Å². The van der Waals surface area contributed by atoms with Gasteiger partial charge in [0.1, 0.15) is 5.75 Å². The van der Waals surface area contributed by atoms with Crippen molar-refractivity contribution in [3.8, 4) is 5.75 Å². The summed E-state index contributed by atoms with van der Waals surface area (Å²) in [6.45, 7) is 2.61. The molecular formula is C11H15NO2. The van der Waals surface area contributed by atoms with E-state index in [1.165, 1.54) is 0 Å². The molecule has 1 aromatic rings. The van der Waals surface area contributed by atoms with Gasteiger partial charge in [-0.15, -0.1) is 0 Å². The van der Waals surface area contributed by atoms with Crippen molar-refractivity contribution in [2.24, 2.45) is 5.73 Å². The minimum atomic E-state index is -0.0881. The van der Waals surface area contributed by atoms with E-state index < -0.39 is 0 Å². The van der Waals surface area contributed by atoms with Crippen LogP contribution in [-0.4, -0.2) is 13.2 Å². The fourth-order valence-corrected chi connectivity index (χ4v) is 1.83. The molecule has 2 N–H and O–H groups in total. The van der Waals surface area contributed by atoms with Gasteiger partial charge in [0.15, 0.2) is 0 Å². The maximum absolute atomic E-state index is 6.06. The van der Waals surface area contributed by atoms with Crippen LogP contribution in [0.25, 0.3) is 0 Å². The first-order valence-corrected chi connectivity index (χ1v) is 4.77. The molecule has 1 aliphatic heterocycles. The zero-order chi connectivity index (χ0) is 10.1. The first kappa shape index (κ1) is 9.49. The van der Waals surface area contributed by atoms with Gasteiger partial charge in [0.05, 0.1) is 25.9 Å². The highest BCUT2D eigenvalue weighted by Gasteiger charge is 2.26. The summed E-state index contributed by atoms with van der Waals surface area (Å²) in [5, 5.41) is 0. The largest absolute Gasteiger partial charge is 0.496 e. The highest BCUT2D eigenvalue weighted by molar-refractivity contribution is 5.43. The van der Waals surface area contributed by atoms with E-state index in [1.807, 2.05) is 25.1 Å². The summed E-state index contributed by atoms with van der Waals surface area (Å²) >= 11 is 0. The molecule has 1 heterocycles. The molecule has 3 heteroatoms. The van der Waals surface area contributed by atoms with E-state index in [0.29, 0.717) is 6.61 Å². The Labute approximate surface area is 83.8 Å². The summed E-state index contributed by atoms with van der Waals surface area (Å²) in [5.41, 5.74) is 8.29. The smallest absolute Gasteiger partial charge is 0.124 e. The molecule has 3 nitrogen and oxygen atoms in total. The molecule has 0 spiro atoms. The van der Waals surface area contributed by atoms with Crippen molar-refractivity contribution >= 4 is 0 Å². The van der Waals surface area contributed by atoms with Crippen LogP contribution in [0.15, 0.2) is 18.2 Å². The maximum Gasteiger partial charge on any atom is 0.124 e. The molecule has 1 aromatic carbocycles. The van der Waals surface area contributed by atoms with Crippen molar-refractivity contribution in [3.05, 3.63) is 29.3 Å². The third-order valence-electron chi connectivity index (χ3n) is 2.72. The van der Waals surface area contributed by atoms with E-state index in [9.17, 15) is 0 Å². The molecule has 0 saturated carbocycles. The fourth-order valence-electron chi connectivity index (χ4n) is 1.83. The second-order valence-electron chi connectivity index (χ2n) is 3.57. The Hall–Kier alpha value is -1.06. The van der Waals surface area contributed by atoms with Crippen LogP contribution in [-0.2, 0) is 11.3 Å². The Balaban J connectivity index is 2.49. The van der Waals surface area contributed by atoms with Gasteiger partial charge >= 0.3 is 0 Å². The molecule has 0 unspecified atom stereocenters. The Morgan fingerprint density at radius 1 is 1.50 bits per heavy atom.